The Morgan fingerprint density at radius 2 is 2.07 bits per heavy atom. The number of rotatable bonds is 5. The molecule has 1 aromatic carbocycles. The van der Waals surface area contributed by atoms with Crippen molar-refractivity contribution >= 4 is 22.7 Å². The number of hydrogen-bond donors (Lipinski definition) is 0. The molecule has 1 amide bonds. The highest BCUT2D eigenvalue weighted by Gasteiger charge is 2.30. The molecule has 0 radical (unpaired) electrons. The van der Waals surface area contributed by atoms with Gasteiger partial charge in [-0.1, -0.05) is 12.1 Å². The van der Waals surface area contributed by atoms with Crippen LogP contribution in [0.3, 0.4) is 0 Å². The van der Waals surface area contributed by atoms with Gasteiger partial charge in [0, 0.05) is 38.5 Å². The molecule has 1 fully saturated rings. The van der Waals surface area contributed by atoms with E-state index >= 15 is 0 Å². The Kier molecular flexibility index (Phi) is 5.26. The quantitative estimate of drug-likeness (QED) is 0.589. The number of methoxy groups -OCH3 is 1. The molecule has 1 aliphatic rings. The highest BCUT2D eigenvalue weighted by atomic mass is 16.5. The molecule has 1 atom stereocenters. The normalized spacial score (nSPS) is 16.0. The minimum atomic E-state index is -0.688. The Hall–Kier alpha value is -3.62. The molecule has 4 rings (SSSR count). The Morgan fingerprint density at radius 1 is 1.23 bits per heavy atom. The maximum Gasteiger partial charge on any atom is 0.349 e. The lowest BCUT2D eigenvalue weighted by Gasteiger charge is -2.17. The first-order chi connectivity index (χ1) is 14.5. The lowest BCUT2D eigenvalue weighted by atomic mass is 10.1. The molecule has 2 aromatic heterocycles. The van der Waals surface area contributed by atoms with Crippen molar-refractivity contribution in [1.82, 2.24) is 15.1 Å². The third-order valence-electron chi connectivity index (χ3n) is 4.98. The monoisotopic (exact) mass is 410 g/mol. The van der Waals surface area contributed by atoms with Gasteiger partial charge in [-0.15, -0.1) is 10.2 Å². The van der Waals surface area contributed by atoms with E-state index in [1.54, 1.807) is 35.2 Å². The third-order valence-corrected chi connectivity index (χ3v) is 4.98. The third kappa shape index (κ3) is 3.78. The molecule has 0 bridgehead atoms. The number of ether oxygens (including phenoxy) is 2. The molecule has 1 aliphatic heterocycles. The number of carbonyl (C=O) groups is 1. The molecule has 1 unspecified atom stereocenters. The molecule has 3 aromatic rings. The average molecular weight is 410 g/mol. The van der Waals surface area contributed by atoms with Gasteiger partial charge in [-0.05, 0) is 18.2 Å². The number of anilines is 1. The molecule has 30 heavy (non-hydrogen) atoms. The summed E-state index contributed by atoms with van der Waals surface area (Å²) < 4.78 is 16.4. The number of carbonyl (C=O) groups excluding carboxylic acids is 1. The number of likely N-dealkylation sites (tertiary alicyclic amines) is 1. The van der Waals surface area contributed by atoms with Crippen LogP contribution in [0.5, 0.6) is 11.6 Å². The molecule has 0 spiro atoms. The standard InChI is InChI=1S/C21H22N4O5/c1-24(2)17-7-8-18(23-22-17)29-14-9-10-25(12-14)20(26)15-11-13-5-4-6-16(28-3)19(13)30-21(15)27/h4-8,11,14H,9-10,12H2,1-3H3. The zero-order valence-corrected chi connectivity index (χ0v) is 17.0. The first kappa shape index (κ1) is 19.7. The second kappa shape index (κ2) is 8.02. The van der Waals surface area contributed by atoms with E-state index in [4.69, 9.17) is 13.9 Å². The van der Waals surface area contributed by atoms with Gasteiger partial charge in [0.15, 0.2) is 17.2 Å². The Labute approximate surface area is 172 Å². The molecular weight excluding hydrogens is 388 g/mol. The summed E-state index contributed by atoms with van der Waals surface area (Å²) in [5.74, 6) is 1.19. The van der Waals surface area contributed by atoms with Crippen LogP contribution < -0.4 is 20.0 Å². The zero-order chi connectivity index (χ0) is 21.3. The van der Waals surface area contributed by atoms with E-state index in [0.717, 1.165) is 5.82 Å². The molecule has 0 N–H and O–H groups in total. The van der Waals surface area contributed by atoms with Gasteiger partial charge < -0.3 is 23.7 Å². The second-order valence-corrected chi connectivity index (χ2v) is 7.23. The van der Waals surface area contributed by atoms with Gasteiger partial charge in [-0.25, -0.2) is 4.79 Å². The average Bonchev–Trinajstić information content (AvgIpc) is 3.21. The first-order valence-electron chi connectivity index (χ1n) is 9.54. The number of amides is 1. The maximum atomic E-state index is 12.9. The molecule has 156 valence electrons. The van der Waals surface area contributed by atoms with Crippen LogP contribution in [0.1, 0.15) is 16.8 Å². The van der Waals surface area contributed by atoms with Crippen LogP contribution in [0.2, 0.25) is 0 Å². The van der Waals surface area contributed by atoms with E-state index in [1.807, 2.05) is 25.1 Å². The predicted molar refractivity (Wildman–Crippen MR) is 110 cm³/mol. The predicted octanol–water partition coefficient (Wildman–Crippen LogP) is 1.95. The second-order valence-electron chi connectivity index (χ2n) is 7.23. The van der Waals surface area contributed by atoms with Crippen molar-refractivity contribution in [2.24, 2.45) is 0 Å². The van der Waals surface area contributed by atoms with Gasteiger partial charge in [0.25, 0.3) is 5.91 Å². The van der Waals surface area contributed by atoms with Crippen molar-refractivity contribution in [2.45, 2.75) is 12.5 Å². The van der Waals surface area contributed by atoms with Crippen LogP contribution in [0.4, 0.5) is 5.82 Å². The van der Waals surface area contributed by atoms with Gasteiger partial charge in [-0.3, -0.25) is 4.79 Å². The highest BCUT2D eigenvalue weighted by molar-refractivity contribution is 5.97. The van der Waals surface area contributed by atoms with E-state index in [9.17, 15) is 9.59 Å². The summed E-state index contributed by atoms with van der Waals surface area (Å²) >= 11 is 0. The van der Waals surface area contributed by atoms with Gasteiger partial charge in [0.05, 0.1) is 13.7 Å². The lowest BCUT2D eigenvalue weighted by molar-refractivity contribution is 0.0767. The fourth-order valence-corrected chi connectivity index (χ4v) is 3.39. The van der Waals surface area contributed by atoms with Crippen molar-refractivity contribution in [3.63, 3.8) is 0 Å². The van der Waals surface area contributed by atoms with Crippen LogP contribution in [-0.2, 0) is 0 Å². The minimum absolute atomic E-state index is 0.00784. The van der Waals surface area contributed by atoms with Crippen molar-refractivity contribution in [2.75, 3.05) is 39.2 Å². The van der Waals surface area contributed by atoms with E-state index < -0.39 is 5.63 Å². The van der Waals surface area contributed by atoms with Gasteiger partial charge in [0.2, 0.25) is 5.88 Å². The van der Waals surface area contributed by atoms with E-state index in [0.29, 0.717) is 42.1 Å². The molecule has 0 aliphatic carbocycles. The number of para-hydroxylation sites is 1. The van der Waals surface area contributed by atoms with Crippen LogP contribution in [0.25, 0.3) is 11.0 Å². The van der Waals surface area contributed by atoms with Crippen LogP contribution >= 0.6 is 0 Å². The topological polar surface area (TPSA) is 98.0 Å². The molecule has 3 heterocycles. The summed E-state index contributed by atoms with van der Waals surface area (Å²) in [7, 11) is 5.26. The molecular formula is C21H22N4O5. The fraction of sp³-hybridized carbons (Fsp3) is 0.333. The zero-order valence-electron chi connectivity index (χ0n) is 17.0. The van der Waals surface area contributed by atoms with Crippen LogP contribution in [0.15, 0.2) is 45.6 Å². The van der Waals surface area contributed by atoms with Gasteiger partial charge in [-0.2, -0.15) is 0 Å². The fourth-order valence-electron chi connectivity index (χ4n) is 3.39. The smallest absolute Gasteiger partial charge is 0.349 e. The van der Waals surface area contributed by atoms with Crippen molar-refractivity contribution in [1.29, 1.82) is 0 Å². The van der Waals surface area contributed by atoms with E-state index in [1.165, 1.54) is 7.11 Å². The number of aromatic nitrogens is 2. The van der Waals surface area contributed by atoms with Crippen LogP contribution in [0, 0.1) is 0 Å². The summed E-state index contributed by atoms with van der Waals surface area (Å²) in [5.41, 5.74) is -0.373. The molecule has 0 saturated carbocycles. The Bertz CT molecular complexity index is 1130. The largest absolute Gasteiger partial charge is 0.493 e. The maximum absolute atomic E-state index is 12.9. The molecule has 9 heteroatoms. The number of fused-ring (bicyclic) bond motifs is 1. The highest BCUT2D eigenvalue weighted by Crippen LogP contribution is 2.25. The summed E-state index contributed by atoms with van der Waals surface area (Å²) in [4.78, 5) is 28.8. The first-order valence-corrected chi connectivity index (χ1v) is 9.54. The van der Waals surface area contributed by atoms with Crippen LogP contribution in [-0.4, -0.2) is 61.4 Å². The Morgan fingerprint density at radius 3 is 2.77 bits per heavy atom. The van der Waals surface area contributed by atoms with Crippen molar-refractivity contribution < 1.29 is 18.7 Å². The lowest BCUT2D eigenvalue weighted by Crippen LogP contribution is -2.33. The number of benzene rings is 1. The SMILES string of the molecule is COc1cccc2cc(C(=O)N3CCC(Oc4ccc(N(C)C)nn4)C3)c(=O)oc12. The van der Waals surface area contributed by atoms with E-state index in [2.05, 4.69) is 10.2 Å². The van der Waals surface area contributed by atoms with E-state index in [-0.39, 0.29) is 17.6 Å². The van der Waals surface area contributed by atoms with Crippen molar-refractivity contribution in [3.8, 4) is 11.6 Å². The summed E-state index contributed by atoms with van der Waals surface area (Å²) in [6, 6.07) is 10.4. The van der Waals surface area contributed by atoms with Gasteiger partial charge in [0.1, 0.15) is 11.7 Å². The molecule has 1 saturated heterocycles. The Balaban J connectivity index is 1.48. The molecule has 9 nitrogen and oxygen atoms in total. The summed E-state index contributed by atoms with van der Waals surface area (Å²) in [5, 5.41) is 8.77. The summed E-state index contributed by atoms with van der Waals surface area (Å²) in [6.45, 7) is 0.827. The number of hydrogen-bond acceptors (Lipinski definition) is 8. The minimum Gasteiger partial charge on any atom is -0.493 e. The van der Waals surface area contributed by atoms with Crippen molar-refractivity contribution in [3.05, 3.63) is 52.4 Å². The summed E-state index contributed by atoms with van der Waals surface area (Å²) in [6.07, 6.45) is 0.413. The van der Waals surface area contributed by atoms with Gasteiger partial charge >= 0.3 is 5.63 Å². The number of nitrogens with zero attached hydrogens (tertiary/aromatic N) is 4.